The fourth-order valence-corrected chi connectivity index (χ4v) is 3.06. The molecule has 124 valence electrons. The van der Waals surface area contributed by atoms with E-state index >= 15 is 0 Å². The molecule has 0 atom stereocenters. The predicted octanol–water partition coefficient (Wildman–Crippen LogP) is 5.45. The van der Waals surface area contributed by atoms with Crippen molar-refractivity contribution in [3.8, 4) is 23.1 Å². The monoisotopic (exact) mass is 367 g/mol. The SMILES string of the molecule is COc1ccc(N/C=C(/C#N)c2nc(-c3ccc(Cl)cc3)cs2)cc1. The van der Waals surface area contributed by atoms with Gasteiger partial charge in [-0.3, -0.25) is 0 Å². The van der Waals surface area contributed by atoms with Crippen LogP contribution in [0.2, 0.25) is 5.02 Å². The summed E-state index contributed by atoms with van der Waals surface area (Å²) < 4.78 is 5.13. The highest BCUT2D eigenvalue weighted by molar-refractivity contribution is 7.11. The molecule has 0 radical (unpaired) electrons. The highest BCUT2D eigenvalue weighted by Crippen LogP contribution is 2.27. The Morgan fingerprint density at radius 1 is 1.20 bits per heavy atom. The number of halogens is 1. The van der Waals surface area contributed by atoms with Crippen molar-refractivity contribution in [2.45, 2.75) is 0 Å². The molecule has 0 aliphatic rings. The molecular formula is C19H14ClN3OS. The summed E-state index contributed by atoms with van der Waals surface area (Å²) in [6, 6.07) is 17.1. The van der Waals surface area contributed by atoms with Crippen LogP contribution in [0, 0.1) is 11.3 Å². The van der Waals surface area contributed by atoms with Crippen molar-refractivity contribution in [2.75, 3.05) is 12.4 Å². The van der Waals surface area contributed by atoms with Crippen LogP contribution in [0.3, 0.4) is 0 Å². The molecule has 1 heterocycles. The summed E-state index contributed by atoms with van der Waals surface area (Å²) in [4.78, 5) is 4.55. The van der Waals surface area contributed by atoms with Gasteiger partial charge in [0, 0.05) is 27.9 Å². The van der Waals surface area contributed by atoms with E-state index in [-0.39, 0.29) is 0 Å². The Labute approximate surface area is 155 Å². The molecule has 4 nitrogen and oxygen atoms in total. The Kier molecular flexibility index (Phi) is 5.34. The zero-order valence-corrected chi connectivity index (χ0v) is 14.9. The number of benzene rings is 2. The zero-order valence-electron chi connectivity index (χ0n) is 13.4. The van der Waals surface area contributed by atoms with Gasteiger partial charge >= 0.3 is 0 Å². The minimum Gasteiger partial charge on any atom is -0.497 e. The van der Waals surface area contributed by atoms with Gasteiger partial charge in [0.2, 0.25) is 0 Å². The van der Waals surface area contributed by atoms with Gasteiger partial charge in [-0.1, -0.05) is 23.7 Å². The van der Waals surface area contributed by atoms with Crippen molar-refractivity contribution in [2.24, 2.45) is 0 Å². The number of allylic oxidation sites excluding steroid dienone is 1. The van der Waals surface area contributed by atoms with E-state index in [9.17, 15) is 5.26 Å². The molecule has 0 aliphatic carbocycles. The van der Waals surface area contributed by atoms with Gasteiger partial charge in [0.05, 0.1) is 12.8 Å². The molecule has 6 heteroatoms. The minimum atomic E-state index is 0.473. The van der Waals surface area contributed by atoms with Gasteiger partial charge in [-0.05, 0) is 36.4 Å². The molecule has 0 saturated heterocycles. The Morgan fingerprint density at radius 2 is 1.92 bits per heavy atom. The first-order valence-corrected chi connectivity index (χ1v) is 8.68. The molecule has 0 bridgehead atoms. The van der Waals surface area contributed by atoms with E-state index in [1.54, 1.807) is 13.3 Å². The first-order valence-electron chi connectivity index (χ1n) is 7.42. The van der Waals surface area contributed by atoms with E-state index in [4.69, 9.17) is 16.3 Å². The second-order valence-corrected chi connectivity index (χ2v) is 6.38. The molecule has 2 aromatic carbocycles. The molecule has 0 saturated carbocycles. The zero-order chi connectivity index (χ0) is 17.6. The molecule has 3 aromatic rings. The summed E-state index contributed by atoms with van der Waals surface area (Å²) in [6.07, 6.45) is 1.66. The fourth-order valence-electron chi connectivity index (χ4n) is 2.14. The number of aromatic nitrogens is 1. The molecule has 0 fully saturated rings. The summed E-state index contributed by atoms with van der Waals surface area (Å²) >= 11 is 7.34. The fraction of sp³-hybridized carbons (Fsp3) is 0.0526. The number of methoxy groups -OCH3 is 1. The largest absolute Gasteiger partial charge is 0.497 e. The lowest BCUT2D eigenvalue weighted by Gasteiger charge is -2.03. The third kappa shape index (κ3) is 4.18. The molecule has 25 heavy (non-hydrogen) atoms. The van der Waals surface area contributed by atoms with Crippen LogP contribution in [0.5, 0.6) is 5.75 Å². The summed E-state index contributed by atoms with van der Waals surface area (Å²) in [5, 5.41) is 15.8. The molecule has 0 amide bonds. The normalized spacial score (nSPS) is 11.0. The summed E-state index contributed by atoms with van der Waals surface area (Å²) in [7, 11) is 1.62. The van der Waals surface area contributed by atoms with Gasteiger partial charge in [0.25, 0.3) is 0 Å². The predicted molar refractivity (Wildman–Crippen MR) is 103 cm³/mol. The number of nitrogens with zero attached hydrogens (tertiary/aromatic N) is 2. The first-order chi connectivity index (χ1) is 12.2. The van der Waals surface area contributed by atoms with Crippen LogP contribution >= 0.6 is 22.9 Å². The molecule has 1 aromatic heterocycles. The smallest absolute Gasteiger partial charge is 0.136 e. The van der Waals surface area contributed by atoms with E-state index in [0.29, 0.717) is 15.6 Å². The van der Waals surface area contributed by atoms with E-state index in [0.717, 1.165) is 22.7 Å². The van der Waals surface area contributed by atoms with Crippen LogP contribution in [0.15, 0.2) is 60.1 Å². The average Bonchev–Trinajstić information content (AvgIpc) is 3.13. The third-order valence-electron chi connectivity index (χ3n) is 3.47. The van der Waals surface area contributed by atoms with E-state index in [2.05, 4.69) is 16.4 Å². The maximum Gasteiger partial charge on any atom is 0.136 e. The van der Waals surface area contributed by atoms with Crippen molar-refractivity contribution >= 4 is 34.2 Å². The Balaban J connectivity index is 1.78. The molecule has 0 unspecified atom stereocenters. The van der Waals surface area contributed by atoms with E-state index in [1.807, 2.05) is 53.9 Å². The number of thiazole rings is 1. The van der Waals surface area contributed by atoms with E-state index < -0.39 is 0 Å². The number of hydrogen-bond donors (Lipinski definition) is 1. The van der Waals surface area contributed by atoms with Crippen molar-refractivity contribution in [1.29, 1.82) is 5.26 Å². The number of rotatable bonds is 5. The first kappa shape index (κ1) is 17.0. The van der Waals surface area contributed by atoms with Crippen molar-refractivity contribution in [1.82, 2.24) is 4.98 Å². The Morgan fingerprint density at radius 3 is 2.56 bits per heavy atom. The van der Waals surface area contributed by atoms with Gasteiger partial charge in [-0.2, -0.15) is 5.26 Å². The summed E-state index contributed by atoms with van der Waals surface area (Å²) in [5.41, 5.74) is 3.12. The lowest BCUT2D eigenvalue weighted by Crippen LogP contribution is -1.91. The quantitative estimate of drug-likeness (QED) is 0.609. The number of ether oxygens (including phenoxy) is 1. The number of hydrogen-bond acceptors (Lipinski definition) is 5. The van der Waals surface area contributed by atoms with Gasteiger partial charge in [0.15, 0.2) is 0 Å². The van der Waals surface area contributed by atoms with Crippen LogP contribution in [-0.2, 0) is 0 Å². The van der Waals surface area contributed by atoms with Crippen LogP contribution in [0.25, 0.3) is 16.8 Å². The molecule has 0 aliphatic heterocycles. The summed E-state index contributed by atoms with van der Waals surface area (Å²) in [5.74, 6) is 0.780. The highest BCUT2D eigenvalue weighted by Gasteiger charge is 2.09. The maximum atomic E-state index is 9.43. The lowest BCUT2D eigenvalue weighted by molar-refractivity contribution is 0.415. The topological polar surface area (TPSA) is 57.9 Å². The van der Waals surface area contributed by atoms with Gasteiger partial charge in [0.1, 0.15) is 22.4 Å². The highest BCUT2D eigenvalue weighted by atomic mass is 35.5. The second-order valence-electron chi connectivity index (χ2n) is 5.09. The number of nitrogens with one attached hydrogen (secondary N) is 1. The van der Waals surface area contributed by atoms with Crippen molar-refractivity contribution in [3.05, 3.63) is 70.1 Å². The molecule has 1 N–H and O–H groups in total. The summed E-state index contributed by atoms with van der Waals surface area (Å²) in [6.45, 7) is 0. The maximum absolute atomic E-state index is 9.43. The van der Waals surface area contributed by atoms with E-state index in [1.165, 1.54) is 11.3 Å². The second kappa shape index (κ2) is 7.84. The number of anilines is 1. The van der Waals surface area contributed by atoms with Crippen LogP contribution in [0.1, 0.15) is 5.01 Å². The van der Waals surface area contributed by atoms with Crippen molar-refractivity contribution < 1.29 is 4.74 Å². The Bertz CT molecular complexity index is 925. The third-order valence-corrected chi connectivity index (χ3v) is 4.60. The van der Waals surface area contributed by atoms with Gasteiger partial charge < -0.3 is 10.1 Å². The number of nitriles is 1. The Hall–Kier alpha value is -2.81. The van der Waals surface area contributed by atoms with Crippen LogP contribution in [0.4, 0.5) is 5.69 Å². The van der Waals surface area contributed by atoms with Gasteiger partial charge in [-0.25, -0.2) is 4.98 Å². The molecule has 3 rings (SSSR count). The minimum absolute atomic E-state index is 0.473. The van der Waals surface area contributed by atoms with Crippen LogP contribution < -0.4 is 10.1 Å². The van der Waals surface area contributed by atoms with Crippen LogP contribution in [-0.4, -0.2) is 12.1 Å². The average molecular weight is 368 g/mol. The molecule has 0 spiro atoms. The molecular weight excluding hydrogens is 354 g/mol. The lowest BCUT2D eigenvalue weighted by atomic mass is 10.2. The van der Waals surface area contributed by atoms with Gasteiger partial charge in [-0.15, -0.1) is 11.3 Å². The standard InChI is InChI=1S/C19H14ClN3OS/c1-24-17-8-6-16(7-9-17)22-11-14(10-21)19-23-18(12-25-19)13-2-4-15(20)5-3-13/h2-9,11-12,22H,1H3/b14-11-. The van der Waals surface area contributed by atoms with Crippen molar-refractivity contribution in [3.63, 3.8) is 0 Å².